The molecule has 0 bridgehead atoms. The minimum atomic E-state index is -1.04. The summed E-state index contributed by atoms with van der Waals surface area (Å²) in [6.45, 7) is -0.403. The minimum Gasteiger partial charge on any atom is -0.482 e. The fourth-order valence-corrected chi connectivity index (χ4v) is 3.92. The Hall–Kier alpha value is -3.84. The van der Waals surface area contributed by atoms with Gasteiger partial charge in [0.25, 0.3) is 5.91 Å². The lowest BCUT2D eigenvalue weighted by Gasteiger charge is -2.15. The number of carbonyl (C=O) groups excluding carboxylic acids is 1. The molecule has 1 aliphatic rings. The van der Waals surface area contributed by atoms with Gasteiger partial charge in [-0.15, -0.1) is 0 Å². The summed E-state index contributed by atoms with van der Waals surface area (Å²) in [5.41, 5.74) is 2.31. The van der Waals surface area contributed by atoms with Crippen LogP contribution in [0.15, 0.2) is 94.8 Å². The molecule has 1 amide bonds. The Morgan fingerprint density at radius 2 is 1.61 bits per heavy atom. The Labute approximate surface area is 183 Å². The number of carboxylic acid groups (broad SMARTS) is 1. The highest BCUT2D eigenvalue weighted by Gasteiger charge is 2.34. The molecule has 3 aromatic carbocycles. The number of para-hydroxylation sites is 2. The van der Waals surface area contributed by atoms with Crippen molar-refractivity contribution in [2.75, 3.05) is 11.5 Å². The quantitative estimate of drug-likeness (QED) is 0.559. The van der Waals surface area contributed by atoms with Crippen molar-refractivity contribution in [2.45, 2.75) is 0 Å². The number of anilines is 1. The Bertz CT molecular complexity index is 1140. The zero-order valence-corrected chi connectivity index (χ0v) is 17.2. The van der Waals surface area contributed by atoms with Crippen LogP contribution in [0.1, 0.15) is 5.56 Å². The Balaban J connectivity index is 1.64. The monoisotopic (exact) mass is 430 g/mol. The van der Waals surface area contributed by atoms with Crippen LogP contribution >= 0.6 is 11.8 Å². The van der Waals surface area contributed by atoms with E-state index in [0.717, 1.165) is 16.9 Å². The van der Waals surface area contributed by atoms with Crippen LogP contribution in [0.2, 0.25) is 0 Å². The third kappa shape index (κ3) is 5.02. The van der Waals surface area contributed by atoms with Crippen molar-refractivity contribution in [1.29, 1.82) is 0 Å². The first-order valence-corrected chi connectivity index (χ1v) is 10.3. The molecule has 1 fully saturated rings. The molecule has 1 N–H and O–H groups in total. The molecule has 1 heterocycles. The van der Waals surface area contributed by atoms with E-state index in [1.165, 1.54) is 11.8 Å². The summed E-state index contributed by atoms with van der Waals surface area (Å²) >= 11 is 1.31. The van der Waals surface area contributed by atoms with E-state index in [4.69, 9.17) is 9.84 Å². The largest absolute Gasteiger partial charge is 0.482 e. The van der Waals surface area contributed by atoms with E-state index in [-0.39, 0.29) is 5.91 Å². The lowest BCUT2D eigenvalue weighted by atomic mass is 10.2. The molecule has 3 aromatic rings. The van der Waals surface area contributed by atoms with Gasteiger partial charge < -0.3 is 9.84 Å². The van der Waals surface area contributed by atoms with E-state index in [1.54, 1.807) is 35.2 Å². The van der Waals surface area contributed by atoms with E-state index < -0.39 is 12.6 Å². The van der Waals surface area contributed by atoms with E-state index in [9.17, 15) is 9.59 Å². The first-order valence-electron chi connectivity index (χ1n) is 9.47. The highest BCUT2D eigenvalue weighted by atomic mass is 32.2. The van der Waals surface area contributed by atoms with Crippen molar-refractivity contribution in [3.8, 4) is 5.75 Å². The minimum absolute atomic E-state index is 0.155. The number of amidine groups is 1. The number of ether oxygens (including phenoxy) is 1. The second-order valence-electron chi connectivity index (χ2n) is 6.57. The Kier molecular flexibility index (Phi) is 6.14. The Morgan fingerprint density at radius 3 is 2.26 bits per heavy atom. The van der Waals surface area contributed by atoms with Crippen molar-refractivity contribution in [3.63, 3.8) is 0 Å². The van der Waals surface area contributed by atoms with Gasteiger partial charge in [-0.1, -0.05) is 48.5 Å². The molecule has 0 saturated carbocycles. The van der Waals surface area contributed by atoms with Gasteiger partial charge in [0.1, 0.15) is 5.75 Å². The number of hydrogen-bond donors (Lipinski definition) is 1. The van der Waals surface area contributed by atoms with Crippen molar-refractivity contribution < 1.29 is 19.4 Å². The van der Waals surface area contributed by atoms with Gasteiger partial charge in [-0.25, -0.2) is 9.79 Å². The van der Waals surface area contributed by atoms with Crippen molar-refractivity contribution in [2.24, 2.45) is 4.99 Å². The third-order valence-corrected chi connectivity index (χ3v) is 5.31. The van der Waals surface area contributed by atoms with Crippen LogP contribution in [-0.4, -0.2) is 28.8 Å². The van der Waals surface area contributed by atoms with Crippen LogP contribution in [0.3, 0.4) is 0 Å². The van der Waals surface area contributed by atoms with Crippen LogP contribution in [-0.2, 0) is 9.59 Å². The van der Waals surface area contributed by atoms with Gasteiger partial charge in [0, 0.05) is 0 Å². The van der Waals surface area contributed by atoms with E-state index in [0.29, 0.717) is 15.8 Å². The summed E-state index contributed by atoms with van der Waals surface area (Å²) in [6, 6.07) is 25.8. The van der Waals surface area contributed by atoms with Crippen LogP contribution in [0.5, 0.6) is 5.75 Å². The smallest absolute Gasteiger partial charge is 0.341 e. The summed E-state index contributed by atoms with van der Waals surface area (Å²) in [6.07, 6.45) is 1.79. The molecule has 0 atom stereocenters. The lowest BCUT2D eigenvalue weighted by molar-refractivity contribution is -0.139. The summed E-state index contributed by atoms with van der Waals surface area (Å²) in [7, 11) is 0. The van der Waals surface area contributed by atoms with Crippen LogP contribution in [0, 0.1) is 0 Å². The Morgan fingerprint density at radius 1 is 0.968 bits per heavy atom. The number of hydrogen-bond acceptors (Lipinski definition) is 5. The summed E-state index contributed by atoms with van der Waals surface area (Å²) in [5.74, 6) is -0.741. The molecule has 1 aliphatic heterocycles. The highest BCUT2D eigenvalue weighted by molar-refractivity contribution is 8.19. The van der Waals surface area contributed by atoms with Gasteiger partial charge in [0.15, 0.2) is 11.8 Å². The zero-order chi connectivity index (χ0) is 21.6. The van der Waals surface area contributed by atoms with E-state index >= 15 is 0 Å². The maximum absolute atomic E-state index is 13.2. The van der Waals surface area contributed by atoms with Gasteiger partial charge in [0.05, 0.1) is 16.3 Å². The first kappa shape index (κ1) is 20.4. The number of carboxylic acids is 1. The number of benzene rings is 3. The molecular weight excluding hydrogens is 412 g/mol. The van der Waals surface area contributed by atoms with Crippen molar-refractivity contribution >= 4 is 46.3 Å². The maximum Gasteiger partial charge on any atom is 0.341 e. The summed E-state index contributed by atoms with van der Waals surface area (Å²) in [5, 5.41) is 9.29. The van der Waals surface area contributed by atoms with Crippen molar-refractivity contribution in [3.05, 3.63) is 95.4 Å². The lowest BCUT2D eigenvalue weighted by Crippen LogP contribution is -2.28. The molecule has 0 unspecified atom stereocenters. The number of aliphatic imine (C=N–C) groups is 1. The number of carbonyl (C=O) groups is 2. The molecule has 0 aliphatic carbocycles. The van der Waals surface area contributed by atoms with E-state index in [1.807, 2.05) is 60.7 Å². The molecule has 1 saturated heterocycles. The molecule has 0 radical (unpaired) electrons. The van der Waals surface area contributed by atoms with Gasteiger partial charge >= 0.3 is 5.97 Å². The molecule has 31 heavy (non-hydrogen) atoms. The standard InChI is InChI=1S/C24H18N2O4S/c27-22(28)16-30-20-13-11-17(12-14-20)15-21-23(29)26(19-9-5-2-6-10-19)24(31-21)25-18-7-3-1-4-8-18/h1-15H,16H2,(H,27,28)/b21-15+,25-24?. The molecule has 0 spiro atoms. The summed E-state index contributed by atoms with van der Waals surface area (Å²) < 4.78 is 5.15. The molecule has 4 rings (SSSR count). The van der Waals surface area contributed by atoms with Gasteiger partial charge in [-0.05, 0) is 59.8 Å². The highest BCUT2D eigenvalue weighted by Crippen LogP contribution is 2.37. The number of nitrogens with zero attached hydrogens (tertiary/aromatic N) is 2. The molecule has 154 valence electrons. The predicted molar refractivity (Wildman–Crippen MR) is 123 cm³/mol. The molecule has 6 nitrogen and oxygen atoms in total. The van der Waals surface area contributed by atoms with Crippen LogP contribution in [0.25, 0.3) is 6.08 Å². The molecule has 0 aromatic heterocycles. The molecular formula is C24H18N2O4S. The second-order valence-corrected chi connectivity index (χ2v) is 7.58. The number of aliphatic carboxylic acids is 1. The first-order chi connectivity index (χ1) is 15.1. The number of rotatable bonds is 6. The van der Waals surface area contributed by atoms with Crippen LogP contribution in [0.4, 0.5) is 11.4 Å². The number of amides is 1. The average molecular weight is 430 g/mol. The van der Waals surface area contributed by atoms with Gasteiger partial charge in [-0.3, -0.25) is 9.69 Å². The van der Waals surface area contributed by atoms with Gasteiger partial charge in [-0.2, -0.15) is 0 Å². The van der Waals surface area contributed by atoms with Crippen molar-refractivity contribution in [1.82, 2.24) is 0 Å². The van der Waals surface area contributed by atoms with Gasteiger partial charge in [0.2, 0.25) is 0 Å². The maximum atomic E-state index is 13.2. The predicted octanol–water partition coefficient (Wildman–Crippen LogP) is 4.96. The van der Waals surface area contributed by atoms with E-state index in [2.05, 4.69) is 4.99 Å². The SMILES string of the molecule is O=C(O)COc1ccc(/C=C2/SC(=Nc3ccccc3)N(c3ccccc3)C2=O)cc1. The fourth-order valence-electron chi connectivity index (χ4n) is 2.92. The second kappa shape index (κ2) is 9.32. The topological polar surface area (TPSA) is 79.2 Å². The normalized spacial score (nSPS) is 16.1. The number of thioether (sulfide) groups is 1. The third-order valence-electron chi connectivity index (χ3n) is 4.34. The zero-order valence-electron chi connectivity index (χ0n) is 16.3. The van der Waals surface area contributed by atoms with Crippen LogP contribution < -0.4 is 9.64 Å². The fraction of sp³-hybridized carbons (Fsp3) is 0.0417. The molecule has 7 heteroatoms. The average Bonchev–Trinajstić information content (AvgIpc) is 3.09. The summed E-state index contributed by atoms with van der Waals surface area (Å²) in [4.78, 5) is 30.7.